The smallest absolute Gasteiger partial charge is 0.317 e. The molecule has 1 aromatic heterocycles. The number of carbonyl (C=O) groups excluding carboxylic acids is 1. The van der Waals surface area contributed by atoms with Gasteiger partial charge in [0.1, 0.15) is 5.15 Å². The van der Waals surface area contributed by atoms with E-state index in [0.717, 1.165) is 33.0 Å². The number of aromatic nitrogens is 1. The van der Waals surface area contributed by atoms with Crippen LogP contribution < -0.4 is 5.32 Å². The normalized spacial score (nSPS) is 12.0. The van der Waals surface area contributed by atoms with Crippen molar-refractivity contribution < 1.29 is 4.79 Å². The van der Waals surface area contributed by atoms with Crippen LogP contribution in [0.15, 0.2) is 59.1 Å². The van der Waals surface area contributed by atoms with Gasteiger partial charge in [-0.2, -0.15) is 0 Å². The van der Waals surface area contributed by atoms with Crippen LogP contribution in [0.2, 0.25) is 5.15 Å². The maximum absolute atomic E-state index is 12.9. The molecule has 0 bridgehead atoms. The summed E-state index contributed by atoms with van der Waals surface area (Å²) in [5.74, 6) is 0. The molecule has 0 aliphatic rings. The van der Waals surface area contributed by atoms with Crippen molar-refractivity contribution in [3.8, 4) is 0 Å². The van der Waals surface area contributed by atoms with Gasteiger partial charge in [-0.3, -0.25) is 0 Å². The van der Waals surface area contributed by atoms with Crippen LogP contribution in [0.4, 0.5) is 10.5 Å². The Balaban J connectivity index is 1.85. The molecule has 0 spiro atoms. The Morgan fingerprint density at radius 3 is 2.63 bits per heavy atom. The summed E-state index contributed by atoms with van der Waals surface area (Å²) in [5.41, 5.74) is 2.43. The second-order valence-corrected chi connectivity index (χ2v) is 7.73. The van der Waals surface area contributed by atoms with Crippen LogP contribution in [0.25, 0.3) is 10.9 Å². The number of fused-ring (bicyclic) bond motifs is 1. The molecule has 4 nitrogen and oxygen atoms in total. The Morgan fingerprint density at radius 2 is 1.93 bits per heavy atom. The van der Waals surface area contributed by atoms with Crippen LogP contribution in [0.5, 0.6) is 0 Å². The van der Waals surface area contributed by atoms with Crippen molar-refractivity contribution in [1.82, 2.24) is 9.88 Å². The molecule has 0 saturated carbocycles. The lowest BCUT2D eigenvalue weighted by Gasteiger charge is -2.29. The summed E-state index contributed by atoms with van der Waals surface area (Å²) in [5, 5.41) is 4.40. The van der Waals surface area contributed by atoms with Crippen LogP contribution in [0.3, 0.4) is 0 Å². The topological polar surface area (TPSA) is 45.2 Å². The summed E-state index contributed by atoms with van der Waals surface area (Å²) in [7, 11) is 0. The van der Waals surface area contributed by atoms with Gasteiger partial charge in [-0.25, -0.2) is 9.78 Å². The zero-order chi connectivity index (χ0) is 19.4. The molecule has 0 radical (unpaired) electrons. The van der Waals surface area contributed by atoms with Gasteiger partial charge in [-0.1, -0.05) is 52.7 Å². The molecule has 0 saturated heterocycles. The molecule has 3 aromatic rings. The van der Waals surface area contributed by atoms with Crippen molar-refractivity contribution in [2.24, 2.45) is 0 Å². The van der Waals surface area contributed by atoms with E-state index < -0.39 is 0 Å². The van der Waals surface area contributed by atoms with Gasteiger partial charge in [-0.05, 0) is 49.7 Å². The van der Waals surface area contributed by atoms with E-state index in [-0.39, 0.29) is 12.1 Å². The largest absolute Gasteiger partial charge is 0.322 e. The Morgan fingerprint density at radius 1 is 1.22 bits per heavy atom. The molecule has 6 heteroatoms. The molecule has 140 valence electrons. The van der Waals surface area contributed by atoms with Crippen LogP contribution in [0, 0.1) is 0 Å². The first-order valence-electron chi connectivity index (χ1n) is 8.85. The van der Waals surface area contributed by atoms with Crippen LogP contribution in [0.1, 0.15) is 25.8 Å². The predicted molar refractivity (Wildman–Crippen MR) is 115 cm³/mol. The van der Waals surface area contributed by atoms with Gasteiger partial charge >= 0.3 is 6.03 Å². The van der Waals surface area contributed by atoms with E-state index in [0.29, 0.717) is 11.7 Å². The Bertz CT molecular complexity index is 946. The van der Waals surface area contributed by atoms with E-state index in [2.05, 4.69) is 33.2 Å². The maximum Gasteiger partial charge on any atom is 0.322 e. The third kappa shape index (κ3) is 4.79. The van der Waals surface area contributed by atoms with E-state index in [1.807, 2.05) is 61.5 Å². The van der Waals surface area contributed by atoms with Crippen molar-refractivity contribution in [3.05, 3.63) is 69.8 Å². The minimum absolute atomic E-state index is 0.0583. The number of halogens is 2. The van der Waals surface area contributed by atoms with Crippen molar-refractivity contribution in [2.45, 2.75) is 32.9 Å². The van der Waals surface area contributed by atoms with Gasteiger partial charge in [0.25, 0.3) is 0 Å². The van der Waals surface area contributed by atoms with Crippen LogP contribution in [-0.4, -0.2) is 22.0 Å². The van der Waals surface area contributed by atoms with Crippen molar-refractivity contribution in [2.75, 3.05) is 5.32 Å². The number of pyridine rings is 1. The standard InChI is InChI=1S/C21H21BrClN3O/c1-3-14(2)26(21(27)24-18-10-8-17(22)9-11-18)13-16-12-15-6-4-5-7-19(15)25-20(16)23/h4-12,14H,3,13H2,1-2H3,(H,24,27). The number of anilines is 1. The highest BCUT2D eigenvalue weighted by molar-refractivity contribution is 9.10. The lowest BCUT2D eigenvalue weighted by Crippen LogP contribution is -2.40. The molecular formula is C21H21BrClN3O. The van der Waals surface area contributed by atoms with Gasteiger partial charge in [0, 0.05) is 27.2 Å². The highest BCUT2D eigenvalue weighted by atomic mass is 79.9. The third-order valence-corrected chi connectivity index (χ3v) is 5.43. The summed E-state index contributed by atoms with van der Waals surface area (Å²) in [4.78, 5) is 19.2. The number of hydrogen-bond donors (Lipinski definition) is 1. The predicted octanol–water partition coefficient (Wildman–Crippen LogP) is 6.48. The quantitative estimate of drug-likeness (QED) is 0.456. The number of para-hydroxylation sites is 1. The molecule has 27 heavy (non-hydrogen) atoms. The highest BCUT2D eigenvalue weighted by Crippen LogP contribution is 2.24. The lowest BCUT2D eigenvalue weighted by molar-refractivity contribution is 0.187. The van der Waals surface area contributed by atoms with Gasteiger partial charge in [0.2, 0.25) is 0 Å². The molecule has 2 amide bonds. The molecule has 2 aromatic carbocycles. The molecular weight excluding hydrogens is 426 g/mol. The number of nitrogens with zero attached hydrogens (tertiary/aromatic N) is 2. The molecule has 3 rings (SSSR count). The molecule has 0 fully saturated rings. The van der Waals surface area contributed by atoms with E-state index >= 15 is 0 Å². The Kier molecular flexibility index (Phi) is 6.34. The van der Waals surface area contributed by atoms with Crippen LogP contribution in [-0.2, 0) is 6.54 Å². The van der Waals surface area contributed by atoms with Crippen molar-refractivity contribution >= 4 is 50.2 Å². The summed E-state index contributed by atoms with van der Waals surface area (Å²) >= 11 is 9.80. The number of hydrogen-bond acceptors (Lipinski definition) is 2. The lowest BCUT2D eigenvalue weighted by atomic mass is 10.1. The molecule has 0 aliphatic heterocycles. The summed E-state index contributed by atoms with van der Waals surface area (Å²) in [6.45, 7) is 4.49. The average molecular weight is 447 g/mol. The fourth-order valence-corrected chi connectivity index (χ4v) is 3.28. The second-order valence-electron chi connectivity index (χ2n) is 6.45. The zero-order valence-corrected chi connectivity index (χ0v) is 17.6. The van der Waals surface area contributed by atoms with Crippen molar-refractivity contribution in [1.29, 1.82) is 0 Å². The van der Waals surface area contributed by atoms with Gasteiger partial charge in [-0.15, -0.1) is 0 Å². The number of benzene rings is 2. The van der Waals surface area contributed by atoms with Gasteiger partial charge < -0.3 is 10.2 Å². The fourth-order valence-electron chi connectivity index (χ4n) is 2.81. The Labute approximate surface area is 172 Å². The van der Waals surface area contributed by atoms with Crippen molar-refractivity contribution in [3.63, 3.8) is 0 Å². The molecule has 1 N–H and O–H groups in total. The van der Waals surface area contributed by atoms with E-state index in [1.165, 1.54) is 0 Å². The summed E-state index contributed by atoms with van der Waals surface area (Å²) in [6, 6.07) is 17.3. The first-order chi connectivity index (χ1) is 13.0. The fraction of sp³-hybridized carbons (Fsp3) is 0.238. The van der Waals surface area contributed by atoms with E-state index in [1.54, 1.807) is 4.90 Å². The number of amides is 2. The molecule has 1 heterocycles. The molecule has 1 atom stereocenters. The van der Waals surface area contributed by atoms with E-state index in [4.69, 9.17) is 11.6 Å². The monoisotopic (exact) mass is 445 g/mol. The summed E-state index contributed by atoms with van der Waals surface area (Å²) < 4.78 is 0.966. The zero-order valence-electron chi connectivity index (χ0n) is 15.2. The highest BCUT2D eigenvalue weighted by Gasteiger charge is 2.21. The first kappa shape index (κ1) is 19.6. The maximum atomic E-state index is 12.9. The average Bonchev–Trinajstić information content (AvgIpc) is 2.67. The number of carbonyl (C=O) groups is 1. The number of urea groups is 1. The minimum atomic E-state index is -0.157. The summed E-state index contributed by atoms with van der Waals surface area (Å²) in [6.07, 6.45) is 0.840. The SMILES string of the molecule is CCC(C)N(Cc1cc2ccccc2nc1Cl)C(=O)Nc1ccc(Br)cc1. The van der Waals surface area contributed by atoms with E-state index in [9.17, 15) is 4.79 Å². The second kappa shape index (κ2) is 8.72. The number of rotatable bonds is 5. The van der Waals surface area contributed by atoms with Gasteiger partial charge in [0.05, 0.1) is 12.1 Å². The molecule has 1 unspecified atom stereocenters. The third-order valence-electron chi connectivity index (χ3n) is 4.57. The number of nitrogens with one attached hydrogen (secondary N) is 1. The molecule has 0 aliphatic carbocycles. The minimum Gasteiger partial charge on any atom is -0.317 e. The van der Waals surface area contributed by atoms with Gasteiger partial charge in [0.15, 0.2) is 0 Å². The van der Waals surface area contributed by atoms with Crippen LogP contribution >= 0.6 is 27.5 Å². The Hall–Kier alpha value is -2.11. The first-order valence-corrected chi connectivity index (χ1v) is 10.0.